The number of nitrogens with one attached hydrogen (secondary N) is 2. The van der Waals surface area contributed by atoms with Crippen molar-refractivity contribution in [2.45, 2.75) is 25.2 Å². The second-order valence-electron chi connectivity index (χ2n) is 5.12. The molecule has 21 heavy (non-hydrogen) atoms. The highest BCUT2D eigenvalue weighted by molar-refractivity contribution is 5.93. The molecule has 2 unspecified atom stereocenters. The Morgan fingerprint density at radius 2 is 2.24 bits per heavy atom. The molecule has 6 nitrogen and oxygen atoms in total. The van der Waals surface area contributed by atoms with Gasteiger partial charge in [-0.15, -0.1) is 0 Å². The predicted molar refractivity (Wildman–Crippen MR) is 77.6 cm³/mol. The molecular weight excluding hydrogens is 266 g/mol. The summed E-state index contributed by atoms with van der Waals surface area (Å²) in [5.41, 5.74) is 0.752. The lowest BCUT2D eigenvalue weighted by Gasteiger charge is -2.35. The van der Waals surface area contributed by atoms with Gasteiger partial charge in [-0.3, -0.25) is 10.1 Å². The highest BCUT2D eigenvalue weighted by atomic mass is 16.2. The Labute approximate surface area is 122 Å². The number of hydrazone groups is 1. The quantitative estimate of drug-likeness (QED) is 0.854. The Hall–Kier alpha value is -2.65. The van der Waals surface area contributed by atoms with Gasteiger partial charge in [-0.2, -0.15) is 10.4 Å². The Balaban J connectivity index is 1.82. The van der Waals surface area contributed by atoms with Crippen LogP contribution in [0.4, 0.5) is 0 Å². The fourth-order valence-corrected chi connectivity index (χ4v) is 2.47. The van der Waals surface area contributed by atoms with Crippen molar-refractivity contribution in [3.05, 3.63) is 47.7 Å². The van der Waals surface area contributed by atoms with E-state index in [9.17, 15) is 10.1 Å². The lowest BCUT2D eigenvalue weighted by molar-refractivity contribution is -0.129. The average molecular weight is 281 g/mol. The van der Waals surface area contributed by atoms with Crippen LogP contribution in [0.5, 0.6) is 0 Å². The zero-order chi connectivity index (χ0) is 14.9. The van der Waals surface area contributed by atoms with E-state index in [0.29, 0.717) is 6.54 Å². The highest BCUT2D eigenvalue weighted by Gasteiger charge is 2.49. The van der Waals surface area contributed by atoms with Crippen LogP contribution in [0.25, 0.3) is 0 Å². The third kappa shape index (κ3) is 2.28. The van der Waals surface area contributed by atoms with E-state index in [1.54, 1.807) is 6.92 Å². The van der Waals surface area contributed by atoms with Gasteiger partial charge in [0.2, 0.25) is 0 Å². The zero-order valence-corrected chi connectivity index (χ0v) is 11.6. The fraction of sp³-hybridized carbons (Fsp3) is 0.267. The molecule has 1 amide bonds. The van der Waals surface area contributed by atoms with Gasteiger partial charge in [0.05, 0.1) is 12.3 Å². The van der Waals surface area contributed by atoms with Crippen LogP contribution in [0.15, 0.2) is 47.2 Å². The van der Waals surface area contributed by atoms with Crippen LogP contribution in [0, 0.1) is 11.3 Å². The molecule has 0 spiro atoms. The molecule has 0 radical (unpaired) electrons. The van der Waals surface area contributed by atoms with Crippen LogP contribution >= 0.6 is 0 Å². The molecular formula is C15H15N5O. The summed E-state index contributed by atoms with van der Waals surface area (Å²) in [5.74, 6) is -0.217. The van der Waals surface area contributed by atoms with E-state index in [-0.39, 0.29) is 5.91 Å². The number of allylic oxidation sites excluding steroid dienone is 1. The molecule has 3 rings (SSSR count). The van der Waals surface area contributed by atoms with Gasteiger partial charge in [0, 0.05) is 18.3 Å². The first-order valence-electron chi connectivity index (χ1n) is 6.68. The van der Waals surface area contributed by atoms with Crippen molar-refractivity contribution >= 4 is 12.1 Å². The van der Waals surface area contributed by atoms with Gasteiger partial charge in [-0.1, -0.05) is 30.3 Å². The minimum absolute atomic E-state index is 0.217. The maximum Gasteiger partial charge on any atom is 0.270 e. The average Bonchev–Trinajstić information content (AvgIpc) is 2.86. The second kappa shape index (κ2) is 5.04. The SMILES string of the molecule is CC1=CC(=O)N2N=CC(C#N)(NCc3ccccc3)C2N1. The number of fused-ring (bicyclic) bond motifs is 1. The van der Waals surface area contributed by atoms with Crippen molar-refractivity contribution in [3.63, 3.8) is 0 Å². The largest absolute Gasteiger partial charge is 0.364 e. The van der Waals surface area contributed by atoms with Crippen LogP contribution in [0.1, 0.15) is 12.5 Å². The zero-order valence-electron chi connectivity index (χ0n) is 11.6. The minimum Gasteiger partial charge on any atom is -0.364 e. The summed E-state index contributed by atoms with van der Waals surface area (Å²) in [4.78, 5) is 11.9. The molecule has 2 aliphatic heterocycles. The van der Waals surface area contributed by atoms with Crippen molar-refractivity contribution in [2.24, 2.45) is 5.10 Å². The summed E-state index contributed by atoms with van der Waals surface area (Å²) in [6.07, 6.45) is 2.44. The van der Waals surface area contributed by atoms with Gasteiger partial charge in [-0.05, 0) is 12.5 Å². The van der Waals surface area contributed by atoms with Gasteiger partial charge < -0.3 is 5.32 Å². The lowest BCUT2D eigenvalue weighted by Crippen LogP contribution is -2.63. The molecule has 1 aromatic rings. The van der Waals surface area contributed by atoms with Crippen molar-refractivity contribution in [1.29, 1.82) is 5.26 Å². The van der Waals surface area contributed by atoms with E-state index in [2.05, 4.69) is 21.8 Å². The number of hydrogen-bond acceptors (Lipinski definition) is 5. The maximum atomic E-state index is 11.9. The van der Waals surface area contributed by atoms with Crippen molar-refractivity contribution in [1.82, 2.24) is 15.6 Å². The number of benzene rings is 1. The van der Waals surface area contributed by atoms with Gasteiger partial charge >= 0.3 is 0 Å². The Morgan fingerprint density at radius 1 is 1.48 bits per heavy atom. The number of carbonyl (C=O) groups is 1. The van der Waals surface area contributed by atoms with Crippen LogP contribution in [-0.4, -0.2) is 28.8 Å². The number of nitrogens with zero attached hydrogens (tertiary/aromatic N) is 3. The van der Waals surface area contributed by atoms with E-state index >= 15 is 0 Å². The Bertz CT molecular complexity index is 660. The Morgan fingerprint density at radius 3 is 2.95 bits per heavy atom. The summed E-state index contributed by atoms with van der Waals surface area (Å²) in [7, 11) is 0. The second-order valence-corrected chi connectivity index (χ2v) is 5.12. The third-order valence-corrected chi connectivity index (χ3v) is 3.60. The van der Waals surface area contributed by atoms with Crippen LogP contribution < -0.4 is 10.6 Å². The van der Waals surface area contributed by atoms with Crippen molar-refractivity contribution < 1.29 is 4.79 Å². The molecule has 0 aliphatic carbocycles. The molecule has 2 aliphatic rings. The smallest absolute Gasteiger partial charge is 0.270 e. The first-order chi connectivity index (χ1) is 10.1. The van der Waals surface area contributed by atoms with Gasteiger partial charge in [0.15, 0.2) is 11.7 Å². The molecule has 106 valence electrons. The van der Waals surface area contributed by atoms with Crippen LogP contribution in [0.2, 0.25) is 0 Å². The molecule has 2 heterocycles. The molecule has 0 saturated carbocycles. The number of amides is 1. The monoisotopic (exact) mass is 281 g/mol. The predicted octanol–water partition coefficient (Wildman–Crippen LogP) is 0.700. The normalized spacial score (nSPS) is 26.9. The van der Waals surface area contributed by atoms with E-state index < -0.39 is 11.7 Å². The lowest BCUT2D eigenvalue weighted by atomic mass is 9.97. The number of rotatable bonds is 3. The first-order valence-corrected chi connectivity index (χ1v) is 6.68. The summed E-state index contributed by atoms with van der Waals surface area (Å²) in [6.45, 7) is 2.32. The highest BCUT2D eigenvalue weighted by Crippen LogP contribution is 2.24. The Kier molecular flexibility index (Phi) is 3.20. The van der Waals surface area contributed by atoms with Gasteiger partial charge in [0.1, 0.15) is 0 Å². The van der Waals surface area contributed by atoms with Crippen LogP contribution in [-0.2, 0) is 11.3 Å². The fourth-order valence-electron chi connectivity index (χ4n) is 2.47. The van der Waals surface area contributed by atoms with Gasteiger partial charge in [-0.25, -0.2) is 5.01 Å². The molecule has 2 atom stereocenters. The van der Waals surface area contributed by atoms with Crippen LogP contribution in [0.3, 0.4) is 0 Å². The minimum atomic E-state index is -1.04. The molecule has 2 N–H and O–H groups in total. The summed E-state index contributed by atoms with van der Waals surface area (Å²) in [6, 6.07) is 12.0. The molecule has 1 aromatic carbocycles. The molecule has 0 aromatic heterocycles. The topological polar surface area (TPSA) is 80.5 Å². The molecule has 0 bridgehead atoms. The summed E-state index contributed by atoms with van der Waals surface area (Å²) in [5, 5.41) is 21.3. The van der Waals surface area contributed by atoms with Gasteiger partial charge in [0.25, 0.3) is 5.91 Å². The van der Waals surface area contributed by atoms with E-state index in [0.717, 1.165) is 11.3 Å². The molecule has 0 saturated heterocycles. The first kappa shape index (κ1) is 13.3. The van der Waals surface area contributed by atoms with E-state index in [4.69, 9.17) is 0 Å². The van der Waals surface area contributed by atoms with E-state index in [1.165, 1.54) is 17.3 Å². The maximum absolute atomic E-state index is 11.9. The number of carbonyl (C=O) groups excluding carboxylic acids is 1. The summed E-state index contributed by atoms with van der Waals surface area (Å²) >= 11 is 0. The standard InChI is InChI=1S/C15H15N5O/c1-11-7-13(21)20-14(19-11)15(9-16,10-18-20)17-8-12-5-3-2-4-6-12/h2-7,10,14,17,19H,8H2,1H3. The molecule has 6 heteroatoms. The number of hydrogen-bond donors (Lipinski definition) is 2. The third-order valence-electron chi connectivity index (χ3n) is 3.60. The molecule has 0 fully saturated rings. The van der Waals surface area contributed by atoms with Crippen molar-refractivity contribution in [3.8, 4) is 6.07 Å². The van der Waals surface area contributed by atoms with E-state index in [1.807, 2.05) is 30.3 Å². The van der Waals surface area contributed by atoms with Crippen molar-refractivity contribution in [2.75, 3.05) is 0 Å². The number of nitriles is 1. The summed E-state index contributed by atoms with van der Waals surface area (Å²) < 4.78 is 0.